The van der Waals surface area contributed by atoms with Gasteiger partial charge in [0.25, 0.3) is 0 Å². The zero-order valence-electron chi connectivity index (χ0n) is 11.5. The quantitative estimate of drug-likeness (QED) is 0.757. The lowest BCUT2D eigenvalue weighted by atomic mass is 10.2. The average Bonchev–Trinajstić information content (AvgIpc) is 2.88. The molecule has 23 heavy (non-hydrogen) atoms. The van der Waals surface area contributed by atoms with Gasteiger partial charge in [-0.2, -0.15) is 13.2 Å². The monoisotopic (exact) mass is 337 g/mol. The Morgan fingerprint density at radius 3 is 2.61 bits per heavy atom. The molecule has 0 saturated heterocycles. The fraction of sp³-hybridized carbons (Fsp3) is 0.0714. The molecule has 9 heteroatoms. The van der Waals surface area contributed by atoms with Crippen molar-refractivity contribution in [1.29, 1.82) is 0 Å². The summed E-state index contributed by atoms with van der Waals surface area (Å²) in [4.78, 5) is 12.3. The standard InChI is InChI=1S/C14H10F3N5S/c15-14(16,17)8-4-6-20-10(7-8)21-13-22-11(12(18)23-13)9-3-1-2-5-19-9/h1-7H,18H2,(H,20,21,22). The van der Waals surface area contributed by atoms with Gasteiger partial charge in [-0.15, -0.1) is 0 Å². The van der Waals surface area contributed by atoms with Crippen LogP contribution in [0.1, 0.15) is 5.56 Å². The number of anilines is 3. The van der Waals surface area contributed by atoms with Crippen LogP contribution in [0.15, 0.2) is 42.7 Å². The van der Waals surface area contributed by atoms with Gasteiger partial charge in [-0.25, -0.2) is 9.97 Å². The Hall–Kier alpha value is -2.68. The topological polar surface area (TPSA) is 76.7 Å². The lowest BCUT2D eigenvalue weighted by Gasteiger charge is -2.08. The maximum absolute atomic E-state index is 12.7. The number of hydrogen-bond donors (Lipinski definition) is 2. The Morgan fingerprint density at radius 1 is 1.09 bits per heavy atom. The zero-order chi connectivity index (χ0) is 16.4. The molecule has 0 spiro atoms. The Balaban J connectivity index is 1.87. The molecular formula is C14H10F3N5S. The lowest BCUT2D eigenvalue weighted by Crippen LogP contribution is -2.06. The van der Waals surface area contributed by atoms with Gasteiger partial charge < -0.3 is 11.1 Å². The normalized spacial score (nSPS) is 11.4. The molecule has 0 saturated carbocycles. The fourth-order valence-electron chi connectivity index (χ4n) is 1.86. The Labute approximate surface area is 133 Å². The molecular weight excluding hydrogens is 327 g/mol. The number of nitrogens with zero attached hydrogens (tertiary/aromatic N) is 3. The molecule has 3 aromatic rings. The average molecular weight is 337 g/mol. The van der Waals surface area contributed by atoms with E-state index in [4.69, 9.17) is 5.73 Å². The van der Waals surface area contributed by atoms with E-state index in [1.165, 1.54) is 0 Å². The third-order valence-corrected chi connectivity index (χ3v) is 3.68. The summed E-state index contributed by atoms with van der Waals surface area (Å²) in [5, 5.41) is 3.49. The van der Waals surface area contributed by atoms with Gasteiger partial charge in [0, 0.05) is 12.4 Å². The van der Waals surface area contributed by atoms with Crippen LogP contribution in [-0.4, -0.2) is 15.0 Å². The van der Waals surface area contributed by atoms with Crippen LogP contribution in [0.2, 0.25) is 0 Å². The number of alkyl halides is 3. The molecule has 3 aromatic heterocycles. The van der Waals surface area contributed by atoms with Crippen LogP contribution in [-0.2, 0) is 6.18 Å². The summed E-state index contributed by atoms with van der Waals surface area (Å²) in [5.74, 6) is 0.0427. The smallest absolute Gasteiger partial charge is 0.389 e. The van der Waals surface area contributed by atoms with Crippen molar-refractivity contribution in [2.45, 2.75) is 6.18 Å². The molecule has 3 heterocycles. The molecule has 0 fully saturated rings. The van der Waals surface area contributed by atoms with Gasteiger partial charge in [-0.1, -0.05) is 17.4 Å². The minimum atomic E-state index is -4.43. The van der Waals surface area contributed by atoms with E-state index in [1.54, 1.807) is 24.4 Å². The van der Waals surface area contributed by atoms with Gasteiger partial charge in [0.05, 0.1) is 11.3 Å². The Kier molecular flexibility index (Phi) is 3.87. The molecule has 0 aromatic carbocycles. The van der Waals surface area contributed by atoms with E-state index in [0.717, 1.165) is 29.7 Å². The molecule has 0 amide bonds. The highest BCUT2D eigenvalue weighted by atomic mass is 32.1. The zero-order valence-corrected chi connectivity index (χ0v) is 12.3. The van der Waals surface area contributed by atoms with Crippen LogP contribution in [0.5, 0.6) is 0 Å². The van der Waals surface area contributed by atoms with E-state index in [1.807, 2.05) is 0 Å². The van der Waals surface area contributed by atoms with Gasteiger partial charge in [-0.05, 0) is 24.3 Å². The van der Waals surface area contributed by atoms with Crippen LogP contribution >= 0.6 is 11.3 Å². The third kappa shape index (κ3) is 3.39. The van der Waals surface area contributed by atoms with Crippen molar-refractivity contribution in [3.8, 4) is 11.4 Å². The fourth-order valence-corrected chi connectivity index (χ4v) is 2.60. The molecule has 0 atom stereocenters. The summed E-state index contributed by atoms with van der Waals surface area (Å²) in [6, 6.07) is 7.12. The minimum Gasteiger partial charge on any atom is -0.389 e. The Bertz CT molecular complexity index is 817. The molecule has 5 nitrogen and oxygen atoms in total. The van der Waals surface area contributed by atoms with Crippen molar-refractivity contribution < 1.29 is 13.2 Å². The molecule has 3 N–H and O–H groups in total. The summed E-state index contributed by atoms with van der Waals surface area (Å²) >= 11 is 1.11. The highest BCUT2D eigenvalue weighted by Gasteiger charge is 2.30. The number of aromatic nitrogens is 3. The van der Waals surface area contributed by atoms with E-state index in [0.29, 0.717) is 21.5 Å². The van der Waals surface area contributed by atoms with Gasteiger partial charge in [0.15, 0.2) is 5.13 Å². The van der Waals surface area contributed by atoms with E-state index in [2.05, 4.69) is 20.3 Å². The second kappa shape index (κ2) is 5.84. The number of nitrogens with one attached hydrogen (secondary N) is 1. The van der Waals surface area contributed by atoms with Crippen LogP contribution < -0.4 is 11.1 Å². The van der Waals surface area contributed by atoms with Crippen molar-refractivity contribution in [1.82, 2.24) is 15.0 Å². The molecule has 0 aliphatic heterocycles. The number of thiazole rings is 1. The molecule has 0 bridgehead atoms. The predicted molar refractivity (Wildman–Crippen MR) is 82.3 cm³/mol. The highest BCUT2D eigenvalue weighted by Crippen LogP contribution is 2.34. The first-order valence-corrected chi connectivity index (χ1v) is 7.23. The molecule has 0 unspecified atom stereocenters. The molecule has 0 aliphatic carbocycles. The van der Waals surface area contributed by atoms with Crippen molar-refractivity contribution in [3.63, 3.8) is 0 Å². The first kappa shape index (κ1) is 15.2. The summed E-state index contributed by atoms with van der Waals surface area (Å²) < 4.78 is 38.1. The number of nitrogens with two attached hydrogens (primary N) is 1. The number of halogens is 3. The van der Waals surface area contributed by atoms with E-state index in [9.17, 15) is 13.2 Å². The second-order valence-electron chi connectivity index (χ2n) is 4.50. The molecule has 0 aliphatic rings. The molecule has 0 radical (unpaired) electrons. The maximum atomic E-state index is 12.7. The second-order valence-corrected chi connectivity index (χ2v) is 5.53. The van der Waals surface area contributed by atoms with E-state index < -0.39 is 11.7 Å². The summed E-state index contributed by atoms with van der Waals surface area (Å²) in [6.45, 7) is 0. The van der Waals surface area contributed by atoms with Crippen LogP contribution in [0.3, 0.4) is 0 Å². The first-order chi connectivity index (χ1) is 10.9. The van der Waals surface area contributed by atoms with Crippen molar-refractivity contribution >= 4 is 27.3 Å². The number of nitrogen functional groups attached to an aromatic ring is 1. The van der Waals surface area contributed by atoms with Crippen LogP contribution in [0.4, 0.5) is 29.1 Å². The Morgan fingerprint density at radius 2 is 1.91 bits per heavy atom. The first-order valence-electron chi connectivity index (χ1n) is 6.41. The van der Waals surface area contributed by atoms with Crippen molar-refractivity contribution in [2.75, 3.05) is 11.1 Å². The maximum Gasteiger partial charge on any atom is 0.416 e. The van der Waals surface area contributed by atoms with Crippen molar-refractivity contribution in [2.24, 2.45) is 0 Å². The van der Waals surface area contributed by atoms with Crippen molar-refractivity contribution in [3.05, 3.63) is 48.3 Å². The molecule has 3 rings (SSSR count). The summed E-state index contributed by atoms with van der Waals surface area (Å²) in [5.41, 5.74) is 6.18. The van der Waals surface area contributed by atoms with Gasteiger partial charge in [0.2, 0.25) is 0 Å². The largest absolute Gasteiger partial charge is 0.416 e. The lowest BCUT2D eigenvalue weighted by molar-refractivity contribution is -0.137. The van der Waals surface area contributed by atoms with Gasteiger partial charge in [-0.3, -0.25) is 4.98 Å². The summed E-state index contributed by atoms with van der Waals surface area (Å²) in [6.07, 6.45) is -1.74. The molecule has 118 valence electrons. The summed E-state index contributed by atoms with van der Waals surface area (Å²) in [7, 11) is 0. The van der Waals surface area contributed by atoms with E-state index >= 15 is 0 Å². The highest BCUT2D eigenvalue weighted by molar-refractivity contribution is 7.19. The number of hydrogen-bond acceptors (Lipinski definition) is 6. The van der Waals surface area contributed by atoms with Gasteiger partial charge in [0.1, 0.15) is 16.5 Å². The third-order valence-electron chi connectivity index (χ3n) is 2.88. The van der Waals surface area contributed by atoms with Gasteiger partial charge >= 0.3 is 6.18 Å². The van der Waals surface area contributed by atoms with E-state index in [-0.39, 0.29) is 5.82 Å². The van der Waals surface area contributed by atoms with Crippen LogP contribution in [0.25, 0.3) is 11.4 Å². The predicted octanol–water partition coefficient (Wildman–Crippen LogP) is 3.94. The van der Waals surface area contributed by atoms with Crippen LogP contribution in [0, 0.1) is 0 Å². The number of pyridine rings is 2. The minimum absolute atomic E-state index is 0.0427. The SMILES string of the molecule is Nc1sc(Nc2cc(C(F)(F)F)ccn2)nc1-c1ccccn1. The number of rotatable bonds is 3.